The van der Waals surface area contributed by atoms with Gasteiger partial charge >= 0.3 is 0 Å². The number of para-hydroxylation sites is 1. The summed E-state index contributed by atoms with van der Waals surface area (Å²) in [6.07, 6.45) is 1.60. The molecule has 0 aliphatic carbocycles. The van der Waals surface area contributed by atoms with Crippen LogP contribution in [0.15, 0.2) is 52.1 Å². The second-order valence-corrected chi connectivity index (χ2v) is 7.10. The number of nitrogens with one attached hydrogen (secondary N) is 1. The number of carbonyl (C=O) groups excluding carboxylic acids is 1. The van der Waals surface area contributed by atoms with Crippen LogP contribution >= 0.6 is 11.8 Å². The molecule has 0 radical (unpaired) electrons. The van der Waals surface area contributed by atoms with E-state index in [1.165, 1.54) is 11.8 Å². The predicted molar refractivity (Wildman–Crippen MR) is 95.8 cm³/mol. The van der Waals surface area contributed by atoms with Crippen LogP contribution in [0.25, 0.3) is 22.5 Å². The average Bonchev–Trinajstić information content (AvgIpc) is 3.08. The predicted octanol–water partition coefficient (Wildman–Crippen LogP) is 3.90. The maximum Gasteiger partial charge on any atom is 0.233 e. The fourth-order valence-electron chi connectivity index (χ4n) is 2.28. The molecule has 3 rings (SSSR count). The second kappa shape index (κ2) is 7.05. The Kier molecular flexibility index (Phi) is 4.85. The number of carbonyl (C=O) groups is 1. The van der Waals surface area contributed by atoms with Gasteiger partial charge in [-0.05, 0) is 39.0 Å². The first-order valence-electron chi connectivity index (χ1n) is 7.82. The van der Waals surface area contributed by atoms with Crippen LogP contribution in [0.4, 0.5) is 0 Å². The standard InChI is InChI=1S/C18H19N3O2S/c1-11(2)19-17(22)12(3)24-18-13-7-4-5-8-14(13)20-16(21-18)15-9-6-10-23-15/h4-12H,1-3H3,(H,19,22). The molecule has 0 fully saturated rings. The van der Waals surface area contributed by atoms with Gasteiger partial charge < -0.3 is 9.73 Å². The van der Waals surface area contributed by atoms with Crippen LogP contribution in [0.3, 0.4) is 0 Å². The van der Waals surface area contributed by atoms with Gasteiger partial charge in [-0.2, -0.15) is 0 Å². The Balaban J connectivity index is 1.98. The Morgan fingerprint density at radius 2 is 1.92 bits per heavy atom. The van der Waals surface area contributed by atoms with Crippen LogP contribution in [-0.2, 0) is 4.79 Å². The zero-order chi connectivity index (χ0) is 17.1. The van der Waals surface area contributed by atoms with Crippen molar-refractivity contribution in [2.75, 3.05) is 0 Å². The third kappa shape index (κ3) is 3.59. The SMILES string of the molecule is CC(C)NC(=O)C(C)Sc1nc(-c2ccco2)nc2ccccc12. The topological polar surface area (TPSA) is 68.0 Å². The van der Waals surface area contributed by atoms with Crippen LogP contribution in [0.1, 0.15) is 20.8 Å². The fraction of sp³-hybridized carbons (Fsp3) is 0.278. The minimum absolute atomic E-state index is 0.00255. The highest BCUT2D eigenvalue weighted by molar-refractivity contribution is 8.00. The van der Waals surface area contributed by atoms with E-state index < -0.39 is 0 Å². The average molecular weight is 341 g/mol. The summed E-state index contributed by atoms with van der Waals surface area (Å²) in [4.78, 5) is 21.4. The Hall–Kier alpha value is -2.34. The van der Waals surface area contributed by atoms with Gasteiger partial charge in [0.1, 0.15) is 5.03 Å². The van der Waals surface area contributed by atoms with E-state index in [0.717, 1.165) is 15.9 Å². The molecule has 3 aromatic rings. The summed E-state index contributed by atoms with van der Waals surface area (Å²) in [5.74, 6) is 1.14. The Bertz CT molecular complexity index is 847. The van der Waals surface area contributed by atoms with E-state index in [-0.39, 0.29) is 17.2 Å². The summed E-state index contributed by atoms with van der Waals surface area (Å²) in [6.45, 7) is 5.78. The lowest BCUT2D eigenvalue weighted by atomic mass is 10.2. The van der Waals surface area contributed by atoms with Crippen molar-refractivity contribution in [3.05, 3.63) is 42.7 Å². The van der Waals surface area contributed by atoms with Gasteiger partial charge in [-0.3, -0.25) is 4.79 Å². The molecule has 6 heteroatoms. The van der Waals surface area contributed by atoms with E-state index >= 15 is 0 Å². The number of thioether (sulfide) groups is 1. The molecule has 0 aliphatic heterocycles. The van der Waals surface area contributed by atoms with Crippen LogP contribution in [0.5, 0.6) is 0 Å². The van der Waals surface area contributed by atoms with E-state index in [1.54, 1.807) is 12.3 Å². The molecule has 0 saturated heterocycles. The van der Waals surface area contributed by atoms with Gasteiger partial charge in [0.15, 0.2) is 11.6 Å². The first-order chi connectivity index (χ1) is 11.5. The lowest BCUT2D eigenvalue weighted by Crippen LogP contribution is -2.35. The molecule has 1 amide bonds. The van der Waals surface area contributed by atoms with Crippen molar-refractivity contribution in [1.82, 2.24) is 15.3 Å². The third-order valence-corrected chi connectivity index (χ3v) is 4.50. The zero-order valence-electron chi connectivity index (χ0n) is 13.8. The summed E-state index contributed by atoms with van der Waals surface area (Å²) >= 11 is 1.43. The zero-order valence-corrected chi connectivity index (χ0v) is 14.6. The Morgan fingerprint density at radius 1 is 1.12 bits per heavy atom. The summed E-state index contributed by atoms with van der Waals surface area (Å²) in [5.41, 5.74) is 0.831. The lowest BCUT2D eigenvalue weighted by molar-refractivity contribution is -0.120. The quantitative estimate of drug-likeness (QED) is 0.563. The Labute approximate surface area is 144 Å². The first kappa shape index (κ1) is 16.5. The molecule has 5 nitrogen and oxygen atoms in total. The van der Waals surface area contributed by atoms with Gasteiger partial charge in [0.05, 0.1) is 17.0 Å². The molecule has 1 N–H and O–H groups in total. The normalized spacial score (nSPS) is 12.5. The van der Waals surface area contributed by atoms with Crippen LogP contribution < -0.4 is 5.32 Å². The summed E-state index contributed by atoms with van der Waals surface area (Å²) in [5, 5.41) is 4.39. The maximum absolute atomic E-state index is 12.2. The van der Waals surface area contributed by atoms with Crippen molar-refractivity contribution < 1.29 is 9.21 Å². The number of aromatic nitrogens is 2. The number of benzene rings is 1. The van der Waals surface area contributed by atoms with Gasteiger partial charge in [0, 0.05) is 11.4 Å². The fourth-order valence-corrected chi connectivity index (χ4v) is 3.22. The van der Waals surface area contributed by atoms with Gasteiger partial charge in [-0.1, -0.05) is 30.0 Å². The van der Waals surface area contributed by atoms with Gasteiger partial charge in [-0.25, -0.2) is 9.97 Å². The highest BCUT2D eigenvalue weighted by atomic mass is 32.2. The van der Waals surface area contributed by atoms with Gasteiger partial charge in [0.2, 0.25) is 5.91 Å². The maximum atomic E-state index is 12.2. The van der Waals surface area contributed by atoms with Crippen LogP contribution in [-0.4, -0.2) is 27.2 Å². The van der Waals surface area contributed by atoms with Gasteiger partial charge in [-0.15, -0.1) is 0 Å². The minimum Gasteiger partial charge on any atom is -0.461 e. The van der Waals surface area contributed by atoms with E-state index in [0.29, 0.717) is 11.6 Å². The summed E-state index contributed by atoms with van der Waals surface area (Å²) in [7, 11) is 0. The van der Waals surface area contributed by atoms with E-state index in [1.807, 2.05) is 51.1 Å². The number of rotatable bonds is 5. The number of hydrogen-bond acceptors (Lipinski definition) is 5. The Morgan fingerprint density at radius 3 is 2.62 bits per heavy atom. The van der Waals surface area contributed by atoms with Crippen LogP contribution in [0, 0.1) is 0 Å². The lowest BCUT2D eigenvalue weighted by Gasteiger charge is -2.15. The largest absolute Gasteiger partial charge is 0.461 e. The molecule has 1 aromatic carbocycles. The molecule has 0 spiro atoms. The molecular formula is C18H19N3O2S. The third-order valence-electron chi connectivity index (χ3n) is 3.40. The number of nitrogens with zero attached hydrogens (tertiary/aromatic N) is 2. The molecule has 0 saturated carbocycles. The molecule has 1 unspecified atom stereocenters. The van der Waals surface area contributed by atoms with Gasteiger partial charge in [0.25, 0.3) is 0 Å². The van der Waals surface area contributed by atoms with E-state index in [2.05, 4.69) is 15.3 Å². The minimum atomic E-state index is -0.254. The number of hydrogen-bond donors (Lipinski definition) is 1. The molecule has 0 aliphatic rings. The molecule has 124 valence electrons. The van der Waals surface area contributed by atoms with Crippen molar-refractivity contribution in [1.29, 1.82) is 0 Å². The summed E-state index contributed by atoms with van der Waals surface area (Å²) in [6, 6.07) is 11.5. The molecule has 24 heavy (non-hydrogen) atoms. The number of amides is 1. The molecular weight excluding hydrogens is 322 g/mol. The van der Waals surface area contributed by atoms with Crippen LogP contribution in [0.2, 0.25) is 0 Å². The van der Waals surface area contributed by atoms with E-state index in [4.69, 9.17) is 4.42 Å². The van der Waals surface area contributed by atoms with Crippen molar-refractivity contribution in [3.63, 3.8) is 0 Å². The number of furan rings is 1. The molecule has 0 bridgehead atoms. The van der Waals surface area contributed by atoms with E-state index in [9.17, 15) is 4.79 Å². The monoisotopic (exact) mass is 341 g/mol. The van der Waals surface area contributed by atoms with Crippen molar-refractivity contribution in [2.24, 2.45) is 0 Å². The highest BCUT2D eigenvalue weighted by Crippen LogP contribution is 2.31. The highest BCUT2D eigenvalue weighted by Gasteiger charge is 2.19. The van der Waals surface area contributed by atoms with Crippen molar-refractivity contribution in [2.45, 2.75) is 37.1 Å². The molecule has 1 atom stereocenters. The molecule has 2 aromatic heterocycles. The van der Waals surface area contributed by atoms with Crippen molar-refractivity contribution in [3.8, 4) is 11.6 Å². The molecule has 2 heterocycles. The smallest absolute Gasteiger partial charge is 0.233 e. The first-order valence-corrected chi connectivity index (χ1v) is 8.70. The second-order valence-electron chi connectivity index (χ2n) is 5.77. The summed E-state index contributed by atoms with van der Waals surface area (Å²) < 4.78 is 5.41. The number of fused-ring (bicyclic) bond motifs is 1. The van der Waals surface area contributed by atoms with Crippen molar-refractivity contribution >= 4 is 28.6 Å².